The summed E-state index contributed by atoms with van der Waals surface area (Å²) >= 11 is 0. The van der Waals surface area contributed by atoms with Gasteiger partial charge in [0.05, 0.1) is 22.7 Å². The summed E-state index contributed by atoms with van der Waals surface area (Å²) in [4.78, 5) is 11.5. The standard InChI is InChI=1S/C22H19NO5S/c1-3-22(2)14-23(19-13-17(21(24)25)9-11-20(19)28-22)29(26,27)18-10-8-15-6-4-5-7-16(15)12-18/h3-13H,1,14H2,2H3,(H,24,25)/t22-/m0/s1. The van der Waals surface area contributed by atoms with Crippen LogP contribution in [0.25, 0.3) is 10.8 Å². The van der Waals surface area contributed by atoms with Crippen molar-refractivity contribution in [3.8, 4) is 5.75 Å². The first-order valence-corrected chi connectivity index (χ1v) is 10.4. The maximum absolute atomic E-state index is 13.6. The highest BCUT2D eigenvalue weighted by molar-refractivity contribution is 7.92. The zero-order chi connectivity index (χ0) is 20.8. The first kappa shape index (κ1) is 19.0. The van der Waals surface area contributed by atoms with Crippen molar-refractivity contribution in [1.82, 2.24) is 0 Å². The molecule has 3 aromatic rings. The first-order chi connectivity index (χ1) is 13.7. The molecule has 0 saturated carbocycles. The summed E-state index contributed by atoms with van der Waals surface area (Å²) in [5.41, 5.74) is -0.785. The molecule has 1 heterocycles. The fraction of sp³-hybridized carbons (Fsp3) is 0.136. The van der Waals surface area contributed by atoms with Crippen molar-refractivity contribution in [2.75, 3.05) is 10.8 Å². The van der Waals surface area contributed by atoms with E-state index in [1.54, 1.807) is 31.2 Å². The number of ether oxygens (including phenoxy) is 1. The number of carbonyl (C=O) groups is 1. The van der Waals surface area contributed by atoms with Crippen LogP contribution < -0.4 is 9.04 Å². The fourth-order valence-corrected chi connectivity index (χ4v) is 4.96. The molecule has 1 aliphatic heterocycles. The zero-order valence-corrected chi connectivity index (χ0v) is 16.5. The van der Waals surface area contributed by atoms with Gasteiger partial charge in [-0.05, 0) is 54.1 Å². The van der Waals surface area contributed by atoms with Crippen LogP contribution in [0.4, 0.5) is 5.69 Å². The molecule has 0 unspecified atom stereocenters. The average Bonchev–Trinajstić information content (AvgIpc) is 2.72. The Kier molecular flexibility index (Phi) is 4.35. The van der Waals surface area contributed by atoms with Crippen molar-refractivity contribution in [2.24, 2.45) is 0 Å². The molecule has 0 aromatic heterocycles. The molecule has 0 spiro atoms. The molecule has 1 atom stereocenters. The minimum atomic E-state index is -3.98. The Hall–Kier alpha value is -3.32. The van der Waals surface area contributed by atoms with Gasteiger partial charge in [0.25, 0.3) is 10.0 Å². The van der Waals surface area contributed by atoms with E-state index in [2.05, 4.69) is 6.58 Å². The number of nitrogens with zero attached hydrogens (tertiary/aromatic N) is 1. The Morgan fingerprint density at radius 2 is 1.86 bits per heavy atom. The Morgan fingerprint density at radius 1 is 1.14 bits per heavy atom. The molecular weight excluding hydrogens is 390 g/mol. The number of sulfonamides is 1. The minimum absolute atomic E-state index is 0.0201. The van der Waals surface area contributed by atoms with E-state index < -0.39 is 21.6 Å². The van der Waals surface area contributed by atoms with E-state index in [0.717, 1.165) is 10.8 Å². The molecule has 4 rings (SSSR count). The minimum Gasteiger partial charge on any atom is -0.479 e. The van der Waals surface area contributed by atoms with Gasteiger partial charge >= 0.3 is 5.97 Å². The predicted molar refractivity (Wildman–Crippen MR) is 111 cm³/mol. The molecule has 3 aromatic carbocycles. The topological polar surface area (TPSA) is 83.9 Å². The van der Waals surface area contributed by atoms with Gasteiger partial charge in [-0.25, -0.2) is 13.2 Å². The number of anilines is 1. The third-order valence-electron chi connectivity index (χ3n) is 5.02. The molecule has 29 heavy (non-hydrogen) atoms. The quantitative estimate of drug-likeness (QED) is 0.657. The zero-order valence-electron chi connectivity index (χ0n) is 15.7. The van der Waals surface area contributed by atoms with E-state index in [4.69, 9.17) is 4.74 Å². The van der Waals surface area contributed by atoms with Crippen LogP contribution in [-0.2, 0) is 10.0 Å². The molecule has 0 aliphatic carbocycles. The van der Waals surface area contributed by atoms with Crippen LogP contribution >= 0.6 is 0 Å². The van der Waals surface area contributed by atoms with E-state index in [1.807, 2.05) is 24.3 Å². The van der Waals surface area contributed by atoms with Crippen molar-refractivity contribution in [3.05, 3.63) is 78.9 Å². The average molecular weight is 409 g/mol. The van der Waals surface area contributed by atoms with Crippen LogP contribution in [0.2, 0.25) is 0 Å². The predicted octanol–water partition coefficient (Wildman–Crippen LogP) is 4.07. The van der Waals surface area contributed by atoms with Crippen LogP contribution in [-0.4, -0.2) is 31.6 Å². The summed E-state index contributed by atoms with van der Waals surface area (Å²) in [5.74, 6) is -0.860. The summed E-state index contributed by atoms with van der Waals surface area (Å²) in [6, 6.07) is 16.6. The third kappa shape index (κ3) is 3.23. The monoisotopic (exact) mass is 409 g/mol. The van der Waals surface area contributed by atoms with Crippen molar-refractivity contribution in [2.45, 2.75) is 17.4 Å². The molecule has 1 N–H and O–H groups in total. The first-order valence-electron chi connectivity index (χ1n) is 8.95. The summed E-state index contributed by atoms with van der Waals surface area (Å²) in [5, 5.41) is 11.1. The Bertz CT molecular complexity index is 1250. The Labute approximate surface area is 168 Å². The van der Waals surface area contributed by atoms with Crippen LogP contribution in [0.3, 0.4) is 0 Å². The highest BCUT2D eigenvalue weighted by Gasteiger charge is 2.40. The van der Waals surface area contributed by atoms with Crippen LogP contribution in [0.15, 0.2) is 78.2 Å². The van der Waals surface area contributed by atoms with Crippen molar-refractivity contribution < 1.29 is 23.1 Å². The van der Waals surface area contributed by atoms with Gasteiger partial charge in [0.1, 0.15) is 11.4 Å². The van der Waals surface area contributed by atoms with Gasteiger partial charge in [0.2, 0.25) is 0 Å². The SMILES string of the molecule is C=C[C@@]1(C)CN(S(=O)(=O)c2ccc3ccccc3c2)c2cc(C(=O)O)ccc2O1. The number of carboxylic acids is 1. The van der Waals surface area contributed by atoms with Crippen LogP contribution in [0.5, 0.6) is 5.75 Å². The van der Waals surface area contributed by atoms with Crippen molar-refractivity contribution in [3.63, 3.8) is 0 Å². The number of carboxylic acid groups (broad SMARTS) is 1. The van der Waals surface area contributed by atoms with Crippen molar-refractivity contribution in [1.29, 1.82) is 0 Å². The molecular formula is C22H19NO5S. The van der Waals surface area contributed by atoms with Gasteiger partial charge in [-0.3, -0.25) is 4.31 Å². The Balaban J connectivity index is 1.90. The number of benzene rings is 3. The fourth-order valence-electron chi connectivity index (χ4n) is 3.36. The normalized spacial score (nSPS) is 18.7. The summed E-state index contributed by atoms with van der Waals surface area (Å²) in [7, 11) is -3.98. The van der Waals surface area contributed by atoms with Gasteiger partial charge in [0, 0.05) is 0 Å². The lowest BCUT2D eigenvalue weighted by molar-refractivity contribution is 0.0696. The van der Waals surface area contributed by atoms with Crippen molar-refractivity contribution >= 4 is 32.5 Å². The van der Waals surface area contributed by atoms with E-state index in [0.29, 0.717) is 0 Å². The lowest BCUT2D eigenvalue weighted by Crippen LogP contribution is -2.50. The number of fused-ring (bicyclic) bond motifs is 2. The number of rotatable bonds is 4. The lowest BCUT2D eigenvalue weighted by atomic mass is 10.0. The second-order valence-electron chi connectivity index (χ2n) is 7.13. The second kappa shape index (κ2) is 6.63. The molecule has 0 fully saturated rings. The van der Waals surface area contributed by atoms with E-state index in [1.165, 1.54) is 22.5 Å². The van der Waals surface area contributed by atoms with E-state index in [-0.39, 0.29) is 28.4 Å². The molecule has 0 saturated heterocycles. The van der Waals surface area contributed by atoms with Gasteiger partial charge in [-0.1, -0.05) is 36.9 Å². The Morgan fingerprint density at radius 3 is 2.55 bits per heavy atom. The van der Waals surface area contributed by atoms with Crippen LogP contribution in [0, 0.1) is 0 Å². The smallest absolute Gasteiger partial charge is 0.335 e. The second-order valence-corrected chi connectivity index (χ2v) is 8.99. The molecule has 7 heteroatoms. The van der Waals surface area contributed by atoms with E-state index in [9.17, 15) is 18.3 Å². The molecule has 148 valence electrons. The number of hydrogen-bond acceptors (Lipinski definition) is 4. The summed E-state index contributed by atoms with van der Waals surface area (Å²) < 4.78 is 34.3. The largest absolute Gasteiger partial charge is 0.479 e. The van der Waals surface area contributed by atoms with Gasteiger partial charge in [-0.15, -0.1) is 0 Å². The van der Waals surface area contributed by atoms with E-state index >= 15 is 0 Å². The molecule has 6 nitrogen and oxygen atoms in total. The van der Waals surface area contributed by atoms with Gasteiger partial charge in [0.15, 0.2) is 0 Å². The van der Waals surface area contributed by atoms with Gasteiger partial charge in [-0.2, -0.15) is 0 Å². The maximum Gasteiger partial charge on any atom is 0.335 e. The van der Waals surface area contributed by atoms with Crippen LogP contribution in [0.1, 0.15) is 17.3 Å². The molecule has 0 amide bonds. The molecule has 0 bridgehead atoms. The molecule has 1 aliphatic rings. The highest BCUT2D eigenvalue weighted by atomic mass is 32.2. The summed E-state index contributed by atoms with van der Waals surface area (Å²) in [6.45, 7) is 5.47. The molecule has 0 radical (unpaired) electrons. The third-order valence-corrected chi connectivity index (χ3v) is 6.77. The number of aromatic carboxylic acids is 1. The highest BCUT2D eigenvalue weighted by Crippen LogP contribution is 2.41. The maximum atomic E-state index is 13.6. The lowest BCUT2D eigenvalue weighted by Gasteiger charge is -2.40. The van der Waals surface area contributed by atoms with Gasteiger partial charge < -0.3 is 9.84 Å². The number of hydrogen-bond donors (Lipinski definition) is 1. The summed E-state index contributed by atoms with van der Waals surface area (Å²) in [6.07, 6.45) is 1.55.